The lowest BCUT2D eigenvalue weighted by atomic mass is 10.2. The normalized spacial score (nSPS) is 11.2. The van der Waals surface area contributed by atoms with Crippen molar-refractivity contribution in [3.8, 4) is 5.75 Å². The topological polar surface area (TPSA) is 108 Å². The Bertz CT molecular complexity index is 1430. The van der Waals surface area contributed by atoms with Gasteiger partial charge in [0.2, 0.25) is 0 Å². The van der Waals surface area contributed by atoms with E-state index in [2.05, 4.69) is 26.1 Å². The zero-order chi connectivity index (χ0) is 25.9. The Balaban J connectivity index is 1.28. The Kier molecular flexibility index (Phi) is 7.22. The van der Waals surface area contributed by atoms with E-state index in [4.69, 9.17) is 27.9 Å². The number of ether oxygens (including phenoxy) is 1. The van der Waals surface area contributed by atoms with Gasteiger partial charge in [-0.2, -0.15) is 13.2 Å². The molecule has 3 amide bonds. The van der Waals surface area contributed by atoms with Gasteiger partial charge in [0.05, 0.1) is 21.6 Å². The molecule has 36 heavy (non-hydrogen) atoms. The van der Waals surface area contributed by atoms with Gasteiger partial charge in [-0.3, -0.25) is 10.2 Å². The molecule has 0 aliphatic carbocycles. The number of imidazole rings is 1. The van der Waals surface area contributed by atoms with Crippen LogP contribution in [0.1, 0.15) is 21.7 Å². The van der Waals surface area contributed by atoms with E-state index >= 15 is 0 Å². The van der Waals surface area contributed by atoms with E-state index in [0.29, 0.717) is 22.7 Å². The highest BCUT2D eigenvalue weighted by Crippen LogP contribution is 2.36. The van der Waals surface area contributed by atoms with Gasteiger partial charge in [-0.15, -0.1) is 0 Å². The minimum atomic E-state index is -4.68. The summed E-state index contributed by atoms with van der Waals surface area (Å²) in [5.41, 5.74) is 4.69. The largest absolute Gasteiger partial charge is 0.486 e. The second kappa shape index (κ2) is 10.3. The van der Waals surface area contributed by atoms with E-state index in [1.807, 2.05) is 0 Å². The van der Waals surface area contributed by atoms with Crippen LogP contribution in [0.5, 0.6) is 5.75 Å². The fourth-order valence-electron chi connectivity index (χ4n) is 3.13. The Morgan fingerprint density at radius 3 is 2.44 bits per heavy atom. The van der Waals surface area contributed by atoms with E-state index in [1.165, 1.54) is 18.2 Å². The molecule has 0 aliphatic heterocycles. The number of hydrogen-bond acceptors (Lipinski definition) is 4. The molecule has 0 saturated carbocycles. The maximum absolute atomic E-state index is 12.9. The van der Waals surface area contributed by atoms with Crippen molar-refractivity contribution in [1.82, 2.24) is 20.8 Å². The number of benzene rings is 3. The molecule has 0 spiro atoms. The number of H-pyrrole nitrogens is 1. The number of aromatic amines is 1. The van der Waals surface area contributed by atoms with E-state index in [-0.39, 0.29) is 17.9 Å². The van der Waals surface area contributed by atoms with Crippen LogP contribution in [0, 0.1) is 0 Å². The standard InChI is InChI=1S/C23H16Cl2F3N5O3/c24-13-3-8-18-19(9-13)31-20(30-18)11-36-15-5-1-12(2-6-15)21(34)32-33-22(35)29-14-4-7-17(25)16(10-14)23(26,27)28/h1-10H,11H2,(H,30,31)(H,32,34)(H2,29,33,35). The van der Waals surface area contributed by atoms with Crippen LogP contribution >= 0.6 is 23.2 Å². The highest BCUT2D eigenvalue weighted by atomic mass is 35.5. The highest BCUT2D eigenvalue weighted by molar-refractivity contribution is 6.31. The zero-order valence-electron chi connectivity index (χ0n) is 18.0. The summed E-state index contributed by atoms with van der Waals surface area (Å²) in [6.07, 6.45) is -4.68. The van der Waals surface area contributed by atoms with E-state index in [9.17, 15) is 22.8 Å². The summed E-state index contributed by atoms with van der Waals surface area (Å²) in [6.45, 7) is 0.153. The third-order valence-electron chi connectivity index (χ3n) is 4.80. The van der Waals surface area contributed by atoms with Crippen molar-refractivity contribution >= 4 is 51.9 Å². The summed E-state index contributed by atoms with van der Waals surface area (Å²) in [6, 6.07) is 13.3. The molecule has 4 rings (SSSR count). The molecule has 4 aromatic rings. The molecular formula is C23H16Cl2F3N5O3. The fourth-order valence-corrected chi connectivity index (χ4v) is 3.52. The van der Waals surface area contributed by atoms with Crippen molar-refractivity contribution in [1.29, 1.82) is 0 Å². The molecule has 0 unspecified atom stereocenters. The third-order valence-corrected chi connectivity index (χ3v) is 5.37. The molecule has 13 heteroatoms. The minimum absolute atomic E-state index is 0.153. The summed E-state index contributed by atoms with van der Waals surface area (Å²) < 4.78 is 44.5. The van der Waals surface area contributed by atoms with Crippen molar-refractivity contribution in [3.63, 3.8) is 0 Å². The first kappa shape index (κ1) is 25.1. The molecule has 186 valence electrons. The maximum Gasteiger partial charge on any atom is 0.417 e. The van der Waals surface area contributed by atoms with Gasteiger partial charge in [0.25, 0.3) is 5.91 Å². The van der Waals surface area contributed by atoms with Crippen LogP contribution in [0.25, 0.3) is 11.0 Å². The average molecular weight is 538 g/mol. The van der Waals surface area contributed by atoms with Gasteiger partial charge in [0.1, 0.15) is 18.2 Å². The van der Waals surface area contributed by atoms with Gasteiger partial charge in [-0.05, 0) is 60.7 Å². The van der Waals surface area contributed by atoms with E-state index < -0.39 is 28.7 Å². The van der Waals surface area contributed by atoms with Gasteiger partial charge < -0.3 is 15.0 Å². The molecule has 3 aromatic carbocycles. The lowest BCUT2D eigenvalue weighted by Gasteiger charge is -2.13. The number of anilines is 1. The smallest absolute Gasteiger partial charge is 0.417 e. The molecule has 0 fully saturated rings. The number of rotatable bonds is 5. The lowest BCUT2D eigenvalue weighted by molar-refractivity contribution is -0.137. The number of carbonyl (C=O) groups is 2. The van der Waals surface area contributed by atoms with Crippen LogP contribution < -0.4 is 20.9 Å². The van der Waals surface area contributed by atoms with Crippen LogP contribution in [0.4, 0.5) is 23.7 Å². The van der Waals surface area contributed by atoms with Crippen LogP contribution in [-0.2, 0) is 12.8 Å². The number of halogens is 5. The molecule has 1 heterocycles. The van der Waals surface area contributed by atoms with Crippen LogP contribution in [0.3, 0.4) is 0 Å². The van der Waals surface area contributed by atoms with Gasteiger partial charge in [-0.25, -0.2) is 15.2 Å². The van der Waals surface area contributed by atoms with E-state index in [1.54, 1.807) is 30.3 Å². The second-order valence-corrected chi connectivity index (χ2v) is 8.23. The molecule has 4 N–H and O–H groups in total. The summed E-state index contributed by atoms with van der Waals surface area (Å²) in [7, 11) is 0. The Morgan fingerprint density at radius 1 is 0.972 bits per heavy atom. The quantitative estimate of drug-likeness (QED) is 0.236. The van der Waals surface area contributed by atoms with Crippen molar-refractivity contribution < 1.29 is 27.5 Å². The first-order valence-electron chi connectivity index (χ1n) is 10.2. The second-order valence-electron chi connectivity index (χ2n) is 7.38. The predicted molar refractivity (Wildman–Crippen MR) is 128 cm³/mol. The molecule has 0 saturated heterocycles. The SMILES string of the molecule is O=C(NNC(=O)c1ccc(OCc2nc3ccc(Cl)cc3[nH]2)cc1)Nc1ccc(Cl)c(C(F)(F)F)c1. The molecule has 0 atom stereocenters. The molecule has 0 bridgehead atoms. The van der Waals surface area contributed by atoms with Gasteiger partial charge in [0, 0.05) is 16.3 Å². The van der Waals surface area contributed by atoms with Crippen molar-refractivity contribution in [2.24, 2.45) is 0 Å². The van der Waals surface area contributed by atoms with E-state index in [0.717, 1.165) is 17.1 Å². The summed E-state index contributed by atoms with van der Waals surface area (Å²) in [5, 5.41) is 2.26. The number of fused-ring (bicyclic) bond motifs is 1. The number of aromatic nitrogens is 2. The first-order chi connectivity index (χ1) is 17.1. The fraction of sp³-hybridized carbons (Fsp3) is 0.0870. The monoisotopic (exact) mass is 537 g/mol. The minimum Gasteiger partial charge on any atom is -0.486 e. The lowest BCUT2D eigenvalue weighted by Crippen LogP contribution is -2.43. The highest BCUT2D eigenvalue weighted by Gasteiger charge is 2.33. The van der Waals surface area contributed by atoms with Gasteiger partial charge in [-0.1, -0.05) is 23.2 Å². The Hall–Kier alpha value is -3.96. The van der Waals surface area contributed by atoms with Gasteiger partial charge >= 0.3 is 12.2 Å². The third kappa shape index (κ3) is 6.18. The van der Waals surface area contributed by atoms with Crippen molar-refractivity contribution in [2.45, 2.75) is 12.8 Å². The molecule has 0 radical (unpaired) electrons. The number of amides is 3. The summed E-state index contributed by atoms with van der Waals surface area (Å²) in [4.78, 5) is 31.7. The van der Waals surface area contributed by atoms with Crippen molar-refractivity contribution in [3.05, 3.63) is 87.7 Å². The molecule has 0 aliphatic rings. The summed E-state index contributed by atoms with van der Waals surface area (Å²) >= 11 is 11.5. The van der Waals surface area contributed by atoms with Crippen LogP contribution in [0.2, 0.25) is 10.0 Å². The number of nitrogens with zero attached hydrogens (tertiary/aromatic N) is 1. The Labute approximate surface area is 211 Å². The predicted octanol–water partition coefficient (Wildman–Crippen LogP) is 5.93. The summed E-state index contributed by atoms with van der Waals surface area (Å²) in [5.74, 6) is 0.407. The maximum atomic E-state index is 12.9. The van der Waals surface area contributed by atoms with Crippen molar-refractivity contribution in [2.75, 3.05) is 5.32 Å². The van der Waals surface area contributed by atoms with Gasteiger partial charge in [0.15, 0.2) is 0 Å². The number of alkyl halides is 3. The first-order valence-corrected chi connectivity index (χ1v) is 11.0. The zero-order valence-corrected chi connectivity index (χ0v) is 19.6. The van der Waals surface area contributed by atoms with Crippen LogP contribution in [0.15, 0.2) is 60.7 Å². The average Bonchev–Trinajstić information content (AvgIpc) is 3.24. The Morgan fingerprint density at radius 2 is 1.72 bits per heavy atom. The molecular weight excluding hydrogens is 522 g/mol. The number of hydrogen-bond donors (Lipinski definition) is 4. The van der Waals surface area contributed by atoms with Crippen LogP contribution in [-0.4, -0.2) is 21.9 Å². The molecule has 8 nitrogen and oxygen atoms in total. The number of carbonyl (C=O) groups excluding carboxylic acids is 2. The number of hydrazine groups is 1. The number of nitrogens with one attached hydrogen (secondary N) is 4. The molecule has 1 aromatic heterocycles. The number of urea groups is 1.